The molecule has 618 valence electrons. The number of phosphoric acid groups is 2. The molecule has 0 rings (SSSR count). The Bertz CT molecular complexity index is 2020. The molecule has 0 aliphatic heterocycles. The van der Waals surface area contributed by atoms with Gasteiger partial charge in [-0.1, -0.05) is 389 Å². The molecule has 0 bridgehead atoms. The highest BCUT2D eigenvalue weighted by Gasteiger charge is 2.30. The second-order valence-electron chi connectivity index (χ2n) is 32.5. The Hall–Kier alpha value is -1.94. The number of hydrogen-bond acceptors (Lipinski definition) is 15. The number of hydrogen-bond donors (Lipinski definition) is 3. The second-order valence-corrected chi connectivity index (χ2v) is 35.4. The van der Waals surface area contributed by atoms with E-state index < -0.39 is 97.5 Å². The minimum Gasteiger partial charge on any atom is -0.462 e. The first-order chi connectivity index (χ1) is 50.1. The van der Waals surface area contributed by atoms with Crippen LogP contribution in [-0.2, 0) is 65.4 Å². The van der Waals surface area contributed by atoms with E-state index in [1.165, 1.54) is 238 Å². The standard InChI is InChI=1S/C85H166O17P2/c1-75(2)61-53-45-37-31-25-19-13-9-10-16-22-28-34-40-49-57-65-82(87)95-71-80(101-84(89)67-59-51-41-35-29-23-17-11-14-20-26-32-38-46-54-62-76(3)4)73-99-103(91,92)97-69-79(86)70-98-104(93,94)100-74-81(72-96-83(88)66-58-50-44-43-48-56-64-78(7)8)102-85(90)68-60-52-42-36-30-24-18-12-15-21-27-33-39-47-55-63-77(5)6/h75-81,86H,9-74H2,1-8H3,(H,91,92)(H,93,94)/t79?,80-,81-/m1/s1. The summed E-state index contributed by atoms with van der Waals surface area (Å²) in [6, 6.07) is 0. The van der Waals surface area contributed by atoms with E-state index in [-0.39, 0.29) is 25.7 Å². The highest BCUT2D eigenvalue weighted by molar-refractivity contribution is 7.47. The van der Waals surface area contributed by atoms with Crippen molar-refractivity contribution in [2.24, 2.45) is 23.7 Å². The molecule has 0 amide bonds. The van der Waals surface area contributed by atoms with Crippen LogP contribution in [0.3, 0.4) is 0 Å². The van der Waals surface area contributed by atoms with Gasteiger partial charge in [0, 0.05) is 25.7 Å². The fourth-order valence-corrected chi connectivity index (χ4v) is 14.7. The van der Waals surface area contributed by atoms with Crippen LogP contribution in [0.25, 0.3) is 0 Å². The van der Waals surface area contributed by atoms with E-state index in [1.54, 1.807) is 0 Å². The molecular formula is C85H166O17P2. The van der Waals surface area contributed by atoms with Crippen molar-refractivity contribution in [2.45, 2.75) is 459 Å². The number of carbonyl (C=O) groups is 4. The van der Waals surface area contributed by atoms with Crippen molar-refractivity contribution in [2.75, 3.05) is 39.6 Å². The molecule has 0 aromatic rings. The molecule has 0 saturated carbocycles. The van der Waals surface area contributed by atoms with Crippen LogP contribution in [0.15, 0.2) is 0 Å². The topological polar surface area (TPSA) is 237 Å². The number of phosphoric ester groups is 2. The lowest BCUT2D eigenvalue weighted by Crippen LogP contribution is -2.30. The van der Waals surface area contributed by atoms with E-state index in [9.17, 15) is 43.2 Å². The van der Waals surface area contributed by atoms with Gasteiger partial charge in [0.2, 0.25) is 0 Å². The Kier molecular flexibility index (Phi) is 72.5. The van der Waals surface area contributed by atoms with Gasteiger partial charge >= 0.3 is 39.5 Å². The normalized spacial score (nSPS) is 14.0. The minimum absolute atomic E-state index is 0.106. The Morgan fingerprint density at radius 1 is 0.240 bits per heavy atom. The molecule has 0 radical (unpaired) electrons. The minimum atomic E-state index is -4.97. The summed E-state index contributed by atoms with van der Waals surface area (Å²) >= 11 is 0. The van der Waals surface area contributed by atoms with Crippen LogP contribution in [0.4, 0.5) is 0 Å². The average Bonchev–Trinajstić information content (AvgIpc) is 0.906. The van der Waals surface area contributed by atoms with Crippen molar-refractivity contribution < 1.29 is 80.2 Å². The first-order valence-electron chi connectivity index (χ1n) is 43.7. The third-order valence-electron chi connectivity index (χ3n) is 19.8. The number of esters is 4. The summed E-state index contributed by atoms with van der Waals surface area (Å²) in [6.07, 6.45) is 62.6. The molecule has 0 aromatic heterocycles. The van der Waals surface area contributed by atoms with Gasteiger partial charge in [-0.3, -0.25) is 37.3 Å². The van der Waals surface area contributed by atoms with E-state index in [0.29, 0.717) is 31.6 Å². The zero-order valence-corrected chi connectivity index (χ0v) is 70.5. The van der Waals surface area contributed by atoms with Crippen molar-refractivity contribution in [3.8, 4) is 0 Å². The highest BCUT2D eigenvalue weighted by Crippen LogP contribution is 2.45. The number of carbonyl (C=O) groups excluding carboxylic acids is 4. The maximum atomic E-state index is 13.1. The zero-order valence-electron chi connectivity index (χ0n) is 68.7. The Balaban J connectivity index is 5.22. The Morgan fingerprint density at radius 3 is 0.596 bits per heavy atom. The van der Waals surface area contributed by atoms with Crippen LogP contribution in [0, 0.1) is 23.7 Å². The molecule has 0 aliphatic rings. The SMILES string of the molecule is CC(C)CCCCCCCCCCCCCCCCCCC(=O)OC[C@H](COP(=O)(O)OCC(O)COP(=O)(O)OC[C@@H](COC(=O)CCCCCCCCC(C)C)OC(=O)CCCCCCCCCCCCCCCCCC(C)C)OC(=O)CCCCCCCCCCCCCCCCCC(C)C. The second kappa shape index (κ2) is 73.8. The van der Waals surface area contributed by atoms with Crippen molar-refractivity contribution in [3.05, 3.63) is 0 Å². The molecule has 0 heterocycles. The van der Waals surface area contributed by atoms with Crippen LogP contribution >= 0.6 is 15.6 Å². The average molecular weight is 1520 g/mol. The largest absolute Gasteiger partial charge is 0.472 e. The van der Waals surface area contributed by atoms with Crippen LogP contribution in [0.1, 0.15) is 441 Å². The van der Waals surface area contributed by atoms with E-state index in [4.69, 9.17) is 37.0 Å². The number of aliphatic hydroxyl groups is 1. The highest BCUT2D eigenvalue weighted by atomic mass is 31.2. The molecule has 3 N–H and O–H groups in total. The molecule has 5 atom stereocenters. The predicted octanol–water partition coefficient (Wildman–Crippen LogP) is 25.6. The Morgan fingerprint density at radius 2 is 0.404 bits per heavy atom. The molecular weight excluding hydrogens is 1350 g/mol. The number of ether oxygens (including phenoxy) is 4. The molecule has 0 saturated heterocycles. The van der Waals surface area contributed by atoms with Crippen molar-refractivity contribution >= 4 is 39.5 Å². The van der Waals surface area contributed by atoms with E-state index in [1.807, 2.05) is 0 Å². The monoisotopic (exact) mass is 1520 g/mol. The third kappa shape index (κ3) is 78.2. The van der Waals surface area contributed by atoms with Gasteiger partial charge < -0.3 is 33.8 Å². The van der Waals surface area contributed by atoms with Gasteiger partial charge in [0.15, 0.2) is 12.2 Å². The van der Waals surface area contributed by atoms with Gasteiger partial charge in [-0.2, -0.15) is 0 Å². The van der Waals surface area contributed by atoms with Gasteiger partial charge in [0.05, 0.1) is 26.4 Å². The molecule has 19 heteroatoms. The summed E-state index contributed by atoms with van der Waals surface area (Å²) in [5, 5.41) is 10.7. The molecule has 17 nitrogen and oxygen atoms in total. The van der Waals surface area contributed by atoms with Gasteiger partial charge in [0.1, 0.15) is 19.3 Å². The molecule has 0 aromatic carbocycles. The fourth-order valence-electron chi connectivity index (χ4n) is 13.1. The summed E-state index contributed by atoms with van der Waals surface area (Å²) in [6.45, 7) is 14.3. The van der Waals surface area contributed by atoms with Gasteiger partial charge in [0.25, 0.3) is 0 Å². The van der Waals surface area contributed by atoms with Crippen molar-refractivity contribution in [3.63, 3.8) is 0 Å². The zero-order chi connectivity index (χ0) is 76.7. The quantitative estimate of drug-likeness (QED) is 0.0222. The number of rotatable bonds is 82. The fraction of sp³-hybridized carbons (Fsp3) is 0.953. The van der Waals surface area contributed by atoms with Crippen LogP contribution in [-0.4, -0.2) is 96.7 Å². The molecule has 0 fully saturated rings. The van der Waals surface area contributed by atoms with Gasteiger partial charge in [-0.05, 0) is 49.4 Å². The molecule has 0 aliphatic carbocycles. The van der Waals surface area contributed by atoms with Gasteiger partial charge in [-0.25, -0.2) is 9.13 Å². The summed E-state index contributed by atoms with van der Waals surface area (Å²) < 4.78 is 68.8. The molecule has 3 unspecified atom stereocenters. The van der Waals surface area contributed by atoms with Gasteiger partial charge in [-0.15, -0.1) is 0 Å². The van der Waals surface area contributed by atoms with Crippen LogP contribution < -0.4 is 0 Å². The smallest absolute Gasteiger partial charge is 0.462 e. The summed E-state index contributed by atoms with van der Waals surface area (Å²) in [5.74, 6) is 0.987. The maximum absolute atomic E-state index is 13.1. The number of aliphatic hydroxyl groups excluding tert-OH is 1. The first kappa shape index (κ1) is 102. The third-order valence-corrected chi connectivity index (χ3v) is 21.7. The Labute approximate surface area is 638 Å². The van der Waals surface area contributed by atoms with Crippen LogP contribution in [0.5, 0.6) is 0 Å². The van der Waals surface area contributed by atoms with E-state index >= 15 is 0 Å². The summed E-state index contributed by atoms with van der Waals surface area (Å²) in [7, 11) is -9.93. The molecule has 104 heavy (non-hydrogen) atoms. The van der Waals surface area contributed by atoms with Crippen molar-refractivity contribution in [1.82, 2.24) is 0 Å². The number of unbranched alkanes of at least 4 members (excludes halogenated alkanes) is 48. The van der Waals surface area contributed by atoms with E-state index in [2.05, 4.69) is 55.4 Å². The summed E-state index contributed by atoms with van der Waals surface area (Å²) in [4.78, 5) is 73.1. The van der Waals surface area contributed by atoms with Crippen LogP contribution in [0.2, 0.25) is 0 Å². The first-order valence-corrected chi connectivity index (χ1v) is 46.7. The maximum Gasteiger partial charge on any atom is 0.472 e. The summed E-state index contributed by atoms with van der Waals surface area (Å²) in [5.41, 5.74) is 0. The lowest BCUT2D eigenvalue weighted by atomic mass is 10.0. The molecule has 0 spiro atoms. The lowest BCUT2D eigenvalue weighted by Gasteiger charge is -2.21. The predicted molar refractivity (Wildman–Crippen MR) is 428 cm³/mol. The lowest BCUT2D eigenvalue weighted by molar-refractivity contribution is -0.161. The van der Waals surface area contributed by atoms with E-state index in [0.717, 1.165) is 114 Å². The van der Waals surface area contributed by atoms with Crippen molar-refractivity contribution in [1.29, 1.82) is 0 Å².